The van der Waals surface area contributed by atoms with Gasteiger partial charge in [0.15, 0.2) is 0 Å². The van der Waals surface area contributed by atoms with E-state index in [1.807, 2.05) is 24.5 Å². The van der Waals surface area contributed by atoms with E-state index < -0.39 is 0 Å². The van der Waals surface area contributed by atoms with Gasteiger partial charge in [-0.15, -0.1) is 11.8 Å². The Balaban J connectivity index is 2.27. The Labute approximate surface area is 116 Å². The number of hydrogen-bond acceptors (Lipinski definition) is 4. The maximum Gasteiger partial charge on any atom is 0.102 e. The first-order chi connectivity index (χ1) is 8.76. The molecule has 92 valence electrons. The summed E-state index contributed by atoms with van der Waals surface area (Å²) >= 11 is 3.29. The lowest BCUT2D eigenvalue weighted by atomic mass is 10.1. The van der Waals surface area contributed by atoms with E-state index in [0.29, 0.717) is 0 Å². The van der Waals surface area contributed by atoms with Gasteiger partial charge < -0.3 is 5.32 Å². The zero-order valence-electron chi connectivity index (χ0n) is 10.3. The molecule has 1 N–H and O–H groups in total. The van der Waals surface area contributed by atoms with Gasteiger partial charge in [-0.3, -0.25) is 0 Å². The normalized spacial score (nSPS) is 11.8. The fourth-order valence-electron chi connectivity index (χ4n) is 1.77. The molecule has 1 unspecified atom stereocenters. The minimum atomic E-state index is 0.209. The Morgan fingerprint density at radius 3 is 2.83 bits per heavy atom. The Morgan fingerprint density at radius 1 is 1.39 bits per heavy atom. The lowest BCUT2D eigenvalue weighted by molar-refractivity contribution is 0.888. The standard InChI is InChI=1S/C14H14N2S2/c1-10(11-6-7-18-9-11)16-13-4-3-5-14(17-2)12(13)8-15/h3-7,9-10,16H,1-2H3. The fraction of sp³-hybridized carbons (Fsp3) is 0.214. The summed E-state index contributed by atoms with van der Waals surface area (Å²) in [7, 11) is 0. The van der Waals surface area contributed by atoms with Gasteiger partial charge in [0.05, 0.1) is 11.3 Å². The molecule has 0 bridgehead atoms. The van der Waals surface area contributed by atoms with Crippen LogP contribution in [-0.2, 0) is 0 Å². The van der Waals surface area contributed by atoms with Crippen molar-refractivity contribution >= 4 is 28.8 Å². The Hall–Kier alpha value is -1.44. The predicted molar refractivity (Wildman–Crippen MR) is 79.3 cm³/mol. The third-order valence-electron chi connectivity index (χ3n) is 2.77. The largest absolute Gasteiger partial charge is 0.377 e. The highest BCUT2D eigenvalue weighted by molar-refractivity contribution is 7.98. The molecule has 0 amide bonds. The first-order valence-corrected chi connectivity index (χ1v) is 7.78. The minimum Gasteiger partial charge on any atom is -0.377 e. The van der Waals surface area contributed by atoms with E-state index >= 15 is 0 Å². The Morgan fingerprint density at radius 2 is 2.22 bits per heavy atom. The monoisotopic (exact) mass is 274 g/mol. The van der Waals surface area contributed by atoms with E-state index in [9.17, 15) is 5.26 Å². The molecular formula is C14H14N2S2. The fourth-order valence-corrected chi connectivity index (χ4v) is 3.10. The second-order valence-corrected chi connectivity index (χ2v) is 5.55. The average molecular weight is 274 g/mol. The molecule has 4 heteroatoms. The first-order valence-electron chi connectivity index (χ1n) is 5.62. The number of thiophene rings is 1. The van der Waals surface area contributed by atoms with Crippen LogP contribution in [0.5, 0.6) is 0 Å². The molecule has 0 fully saturated rings. The summed E-state index contributed by atoms with van der Waals surface area (Å²) in [5.74, 6) is 0. The molecule has 2 nitrogen and oxygen atoms in total. The van der Waals surface area contributed by atoms with Gasteiger partial charge in [0.2, 0.25) is 0 Å². The minimum absolute atomic E-state index is 0.209. The third-order valence-corrected chi connectivity index (χ3v) is 4.25. The molecular weight excluding hydrogens is 260 g/mol. The number of hydrogen-bond donors (Lipinski definition) is 1. The summed E-state index contributed by atoms with van der Waals surface area (Å²) in [6.45, 7) is 2.11. The summed E-state index contributed by atoms with van der Waals surface area (Å²) < 4.78 is 0. The molecule has 0 spiro atoms. The van der Waals surface area contributed by atoms with Crippen molar-refractivity contribution in [1.29, 1.82) is 5.26 Å². The van der Waals surface area contributed by atoms with Crippen LogP contribution in [0.1, 0.15) is 24.1 Å². The van der Waals surface area contributed by atoms with E-state index in [2.05, 4.69) is 35.1 Å². The highest BCUT2D eigenvalue weighted by atomic mass is 32.2. The topological polar surface area (TPSA) is 35.8 Å². The van der Waals surface area contributed by atoms with E-state index in [-0.39, 0.29) is 6.04 Å². The van der Waals surface area contributed by atoms with Crippen molar-refractivity contribution < 1.29 is 0 Å². The van der Waals surface area contributed by atoms with Crippen LogP contribution in [-0.4, -0.2) is 6.26 Å². The molecule has 0 saturated heterocycles. The number of benzene rings is 1. The first kappa shape index (κ1) is 13.0. The number of anilines is 1. The summed E-state index contributed by atoms with van der Waals surface area (Å²) in [6, 6.07) is 10.5. The second kappa shape index (κ2) is 5.94. The molecule has 18 heavy (non-hydrogen) atoms. The summed E-state index contributed by atoms with van der Waals surface area (Å²) in [6.07, 6.45) is 1.99. The van der Waals surface area contributed by atoms with Crippen molar-refractivity contribution in [2.45, 2.75) is 17.9 Å². The molecule has 2 aromatic rings. The highest BCUT2D eigenvalue weighted by Crippen LogP contribution is 2.29. The van der Waals surface area contributed by atoms with Gasteiger partial charge in [-0.1, -0.05) is 6.07 Å². The lowest BCUT2D eigenvalue weighted by Crippen LogP contribution is -2.07. The smallest absolute Gasteiger partial charge is 0.102 e. The molecule has 0 aliphatic heterocycles. The number of nitrogens with zero attached hydrogens (tertiary/aromatic N) is 1. The molecule has 0 radical (unpaired) electrons. The van der Waals surface area contributed by atoms with Gasteiger partial charge in [0, 0.05) is 10.9 Å². The lowest BCUT2D eigenvalue weighted by Gasteiger charge is -2.16. The Kier molecular flexibility index (Phi) is 4.29. The van der Waals surface area contributed by atoms with E-state index in [1.165, 1.54) is 5.56 Å². The third kappa shape index (κ3) is 2.69. The van der Waals surface area contributed by atoms with Crippen molar-refractivity contribution in [2.24, 2.45) is 0 Å². The molecule has 1 aromatic carbocycles. The summed E-state index contributed by atoms with van der Waals surface area (Å²) in [4.78, 5) is 1.01. The van der Waals surface area contributed by atoms with Gasteiger partial charge in [0.25, 0.3) is 0 Å². The maximum absolute atomic E-state index is 9.27. The van der Waals surface area contributed by atoms with E-state index in [4.69, 9.17) is 0 Å². The molecule has 1 atom stereocenters. The zero-order chi connectivity index (χ0) is 13.0. The molecule has 0 saturated carbocycles. The summed E-state index contributed by atoms with van der Waals surface area (Å²) in [5.41, 5.74) is 2.88. The van der Waals surface area contributed by atoms with E-state index in [0.717, 1.165) is 16.1 Å². The van der Waals surface area contributed by atoms with Crippen molar-refractivity contribution in [3.05, 3.63) is 46.2 Å². The number of thioether (sulfide) groups is 1. The SMILES string of the molecule is CSc1cccc(NC(C)c2ccsc2)c1C#N. The van der Waals surface area contributed by atoms with Crippen LogP contribution < -0.4 is 5.32 Å². The van der Waals surface area contributed by atoms with Gasteiger partial charge in [-0.25, -0.2) is 0 Å². The quantitative estimate of drug-likeness (QED) is 0.833. The molecule has 2 rings (SSSR count). The predicted octanol–water partition coefficient (Wildman–Crippen LogP) is 4.51. The van der Waals surface area contributed by atoms with Crippen LogP contribution in [0.4, 0.5) is 5.69 Å². The molecule has 1 aromatic heterocycles. The zero-order valence-corrected chi connectivity index (χ0v) is 11.9. The van der Waals surface area contributed by atoms with Gasteiger partial charge >= 0.3 is 0 Å². The van der Waals surface area contributed by atoms with Crippen LogP contribution in [0.3, 0.4) is 0 Å². The second-order valence-electron chi connectivity index (χ2n) is 3.92. The van der Waals surface area contributed by atoms with Crippen molar-refractivity contribution in [1.82, 2.24) is 0 Å². The van der Waals surface area contributed by atoms with Crippen LogP contribution >= 0.6 is 23.1 Å². The number of nitrogens with one attached hydrogen (secondary N) is 1. The highest BCUT2D eigenvalue weighted by Gasteiger charge is 2.11. The summed E-state index contributed by atoms with van der Waals surface area (Å²) in [5, 5.41) is 16.9. The van der Waals surface area contributed by atoms with Gasteiger partial charge in [-0.2, -0.15) is 16.6 Å². The van der Waals surface area contributed by atoms with Crippen molar-refractivity contribution in [3.63, 3.8) is 0 Å². The molecule has 0 aliphatic rings. The van der Waals surface area contributed by atoms with Crippen LogP contribution in [0.2, 0.25) is 0 Å². The number of nitriles is 1. The molecule has 0 aliphatic carbocycles. The van der Waals surface area contributed by atoms with Crippen LogP contribution in [0.15, 0.2) is 39.9 Å². The van der Waals surface area contributed by atoms with Gasteiger partial charge in [0.1, 0.15) is 6.07 Å². The number of rotatable bonds is 4. The van der Waals surface area contributed by atoms with Crippen LogP contribution in [0.25, 0.3) is 0 Å². The maximum atomic E-state index is 9.27. The van der Waals surface area contributed by atoms with Crippen molar-refractivity contribution in [2.75, 3.05) is 11.6 Å². The van der Waals surface area contributed by atoms with Crippen molar-refractivity contribution in [3.8, 4) is 6.07 Å². The van der Waals surface area contributed by atoms with Gasteiger partial charge in [-0.05, 0) is 47.7 Å². The van der Waals surface area contributed by atoms with E-state index in [1.54, 1.807) is 23.1 Å². The molecule has 1 heterocycles. The van der Waals surface area contributed by atoms with Crippen LogP contribution in [0, 0.1) is 11.3 Å². The Bertz CT molecular complexity index is 556. The average Bonchev–Trinajstić information content (AvgIpc) is 2.92.